The standard InChI is InChI=1S/C22H24BrN3O/c1-26-16-15-24-22(26)21(18-8-3-2-4-9-18)25-20(27)10-6-5-7-17-11-13-19(23)14-12-17/h2-4,8-9,11-16,21H,5-7,10H2,1H3,(H,25,27). The van der Waals surface area contributed by atoms with Gasteiger partial charge in [0.1, 0.15) is 11.9 Å². The van der Waals surface area contributed by atoms with Gasteiger partial charge in [-0.15, -0.1) is 0 Å². The minimum atomic E-state index is -0.231. The lowest BCUT2D eigenvalue weighted by molar-refractivity contribution is -0.121. The van der Waals surface area contributed by atoms with E-state index in [0.717, 1.165) is 35.1 Å². The highest BCUT2D eigenvalue weighted by Gasteiger charge is 2.20. The van der Waals surface area contributed by atoms with E-state index < -0.39 is 0 Å². The van der Waals surface area contributed by atoms with Crippen molar-refractivity contribution in [2.24, 2.45) is 7.05 Å². The quantitative estimate of drug-likeness (QED) is 0.526. The maximum absolute atomic E-state index is 12.5. The van der Waals surface area contributed by atoms with E-state index in [-0.39, 0.29) is 11.9 Å². The number of aryl methyl sites for hydroxylation is 2. The SMILES string of the molecule is Cn1ccnc1C(NC(=O)CCCCc1ccc(Br)cc1)c1ccccc1. The highest BCUT2D eigenvalue weighted by Crippen LogP contribution is 2.20. The lowest BCUT2D eigenvalue weighted by Gasteiger charge is -2.19. The van der Waals surface area contributed by atoms with Gasteiger partial charge >= 0.3 is 0 Å². The minimum absolute atomic E-state index is 0.0580. The molecule has 1 N–H and O–H groups in total. The molecule has 0 fully saturated rings. The van der Waals surface area contributed by atoms with Crippen LogP contribution in [0.15, 0.2) is 71.5 Å². The Morgan fingerprint density at radius 3 is 2.52 bits per heavy atom. The van der Waals surface area contributed by atoms with Gasteiger partial charge in [-0.1, -0.05) is 58.4 Å². The molecule has 1 atom stereocenters. The highest BCUT2D eigenvalue weighted by atomic mass is 79.9. The molecule has 0 saturated heterocycles. The van der Waals surface area contributed by atoms with Crippen molar-refractivity contribution in [3.05, 3.63) is 88.4 Å². The van der Waals surface area contributed by atoms with Crippen LogP contribution in [-0.2, 0) is 18.3 Å². The van der Waals surface area contributed by atoms with E-state index in [9.17, 15) is 4.79 Å². The van der Waals surface area contributed by atoms with Gasteiger partial charge in [0.25, 0.3) is 0 Å². The van der Waals surface area contributed by atoms with Gasteiger partial charge in [0.2, 0.25) is 5.91 Å². The molecule has 4 nitrogen and oxygen atoms in total. The van der Waals surface area contributed by atoms with E-state index in [0.29, 0.717) is 6.42 Å². The van der Waals surface area contributed by atoms with Crippen LogP contribution in [0.5, 0.6) is 0 Å². The number of halogens is 1. The summed E-state index contributed by atoms with van der Waals surface area (Å²) < 4.78 is 3.04. The minimum Gasteiger partial charge on any atom is -0.342 e. The Morgan fingerprint density at radius 1 is 1.11 bits per heavy atom. The molecule has 1 amide bonds. The fourth-order valence-corrected chi connectivity index (χ4v) is 3.36. The molecule has 2 aromatic carbocycles. The highest BCUT2D eigenvalue weighted by molar-refractivity contribution is 9.10. The van der Waals surface area contributed by atoms with Crippen molar-refractivity contribution in [2.75, 3.05) is 0 Å². The first-order valence-corrected chi connectivity index (χ1v) is 9.99. The van der Waals surface area contributed by atoms with Gasteiger partial charge in [-0.3, -0.25) is 4.79 Å². The average molecular weight is 426 g/mol. The Hall–Kier alpha value is -2.40. The summed E-state index contributed by atoms with van der Waals surface area (Å²) in [4.78, 5) is 17.0. The third kappa shape index (κ3) is 5.54. The van der Waals surface area contributed by atoms with E-state index in [1.165, 1.54) is 5.56 Å². The lowest BCUT2D eigenvalue weighted by Crippen LogP contribution is -2.30. The number of carbonyl (C=O) groups excluding carboxylic acids is 1. The molecule has 3 aromatic rings. The van der Waals surface area contributed by atoms with Crippen molar-refractivity contribution in [2.45, 2.75) is 31.7 Å². The first kappa shape index (κ1) is 19.4. The maximum Gasteiger partial charge on any atom is 0.220 e. The predicted octanol–water partition coefficient (Wildman–Crippen LogP) is 4.80. The molecule has 27 heavy (non-hydrogen) atoms. The van der Waals surface area contributed by atoms with Crippen LogP contribution >= 0.6 is 15.9 Å². The topological polar surface area (TPSA) is 46.9 Å². The van der Waals surface area contributed by atoms with Crippen molar-refractivity contribution >= 4 is 21.8 Å². The van der Waals surface area contributed by atoms with Crippen molar-refractivity contribution in [3.63, 3.8) is 0 Å². The molecule has 0 spiro atoms. The fourth-order valence-electron chi connectivity index (χ4n) is 3.10. The van der Waals surface area contributed by atoms with Crippen LogP contribution in [0.2, 0.25) is 0 Å². The number of unbranched alkanes of at least 4 members (excludes halogenated alkanes) is 1. The van der Waals surface area contributed by atoms with Gasteiger partial charge in [-0.2, -0.15) is 0 Å². The van der Waals surface area contributed by atoms with Crippen LogP contribution in [0, 0.1) is 0 Å². The zero-order chi connectivity index (χ0) is 19.1. The van der Waals surface area contributed by atoms with Crippen molar-refractivity contribution in [3.8, 4) is 0 Å². The van der Waals surface area contributed by atoms with Crippen LogP contribution in [0.1, 0.15) is 42.3 Å². The normalized spacial score (nSPS) is 11.9. The Labute approximate surface area is 168 Å². The number of hydrogen-bond donors (Lipinski definition) is 1. The molecule has 0 saturated carbocycles. The van der Waals surface area contributed by atoms with Gasteiger partial charge in [0, 0.05) is 30.3 Å². The average Bonchev–Trinajstić information content (AvgIpc) is 3.11. The number of carbonyl (C=O) groups is 1. The van der Waals surface area contributed by atoms with Gasteiger partial charge in [-0.25, -0.2) is 4.98 Å². The van der Waals surface area contributed by atoms with Crippen molar-refractivity contribution in [1.29, 1.82) is 0 Å². The maximum atomic E-state index is 12.5. The second-order valence-corrected chi connectivity index (χ2v) is 7.56. The monoisotopic (exact) mass is 425 g/mol. The number of rotatable bonds is 8. The van der Waals surface area contributed by atoms with Gasteiger partial charge in [0.15, 0.2) is 0 Å². The number of benzene rings is 2. The molecule has 140 valence electrons. The molecule has 0 radical (unpaired) electrons. The number of nitrogens with zero attached hydrogens (tertiary/aromatic N) is 2. The Morgan fingerprint density at radius 2 is 1.85 bits per heavy atom. The summed E-state index contributed by atoms with van der Waals surface area (Å²) in [5, 5.41) is 3.15. The van der Waals surface area contributed by atoms with Gasteiger partial charge in [0.05, 0.1) is 0 Å². The molecule has 0 bridgehead atoms. The summed E-state index contributed by atoms with van der Waals surface area (Å²) in [5.74, 6) is 0.895. The summed E-state index contributed by atoms with van der Waals surface area (Å²) in [6, 6.07) is 18.1. The fraction of sp³-hybridized carbons (Fsp3) is 0.273. The molecule has 0 aliphatic heterocycles. The smallest absolute Gasteiger partial charge is 0.220 e. The Kier molecular flexibility index (Phi) is 6.82. The summed E-state index contributed by atoms with van der Waals surface area (Å²) in [6.45, 7) is 0. The lowest BCUT2D eigenvalue weighted by atomic mass is 10.0. The first-order chi connectivity index (χ1) is 13.1. The molecule has 1 unspecified atom stereocenters. The number of aromatic nitrogens is 2. The third-order valence-corrected chi connectivity index (χ3v) is 5.12. The molecule has 0 aliphatic rings. The largest absolute Gasteiger partial charge is 0.342 e. The molecule has 3 rings (SSSR count). The molecular formula is C22H24BrN3O. The predicted molar refractivity (Wildman–Crippen MR) is 111 cm³/mol. The van der Waals surface area contributed by atoms with Crippen LogP contribution in [-0.4, -0.2) is 15.5 Å². The molecule has 1 heterocycles. The van der Waals surface area contributed by atoms with E-state index >= 15 is 0 Å². The first-order valence-electron chi connectivity index (χ1n) is 9.19. The Bertz CT molecular complexity index is 859. The van der Waals surface area contributed by atoms with Crippen LogP contribution in [0.25, 0.3) is 0 Å². The van der Waals surface area contributed by atoms with Crippen molar-refractivity contribution in [1.82, 2.24) is 14.9 Å². The van der Waals surface area contributed by atoms with E-state index in [2.05, 4.69) is 50.5 Å². The second kappa shape index (κ2) is 9.51. The summed E-state index contributed by atoms with van der Waals surface area (Å²) in [6.07, 6.45) is 7.02. The number of imidazole rings is 1. The molecular weight excluding hydrogens is 402 g/mol. The zero-order valence-electron chi connectivity index (χ0n) is 15.4. The number of amides is 1. The van der Waals surface area contributed by atoms with E-state index in [4.69, 9.17) is 0 Å². The van der Waals surface area contributed by atoms with Crippen LogP contribution < -0.4 is 5.32 Å². The Balaban J connectivity index is 1.55. The summed E-state index contributed by atoms with van der Waals surface area (Å²) >= 11 is 3.45. The number of hydrogen-bond acceptors (Lipinski definition) is 2. The molecule has 1 aromatic heterocycles. The molecule has 5 heteroatoms. The summed E-state index contributed by atoms with van der Waals surface area (Å²) in [7, 11) is 1.95. The zero-order valence-corrected chi connectivity index (χ0v) is 17.0. The van der Waals surface area contributed by atoms with Crippen molar-refractivity contribution < 1.29 is 4.79 Å². The third-order valence-electron chi connectivity index (χ3n) is 4.59. The summed E-state index contributed by atoms with van der Waals surface area (Å²) in [5.41, 5.74) is 2.34. The molecule has 0 aliphatic carbocycles. The van der Waals surface area contributed by atoms with E-state index in [1.54, 1.807) is 6.20 Å². The van der Waals surface area contributed by atoms with Gasteiger partial charge in [-0.05, 0) is 42.5 Å². The van der Waals surface area contributed by atoms with Crippen LogP contribution in [0.3, 0.4) is 0 Å². The van der Waals surface area contributed by atoms with E-state index in [1.807, 2.05) is 48.1 Å². The number of nitrogens with one attached hydrogen (secondary N) is 1. The van der Waals surface area contributed by atoms with Crippen LogP contribution in [0.4, 0.5) is 0 Å². The second-order valence-electron chi connectivity index (χ2n) is 6.64. The van der Waals surface area contributed by atoms with Gasteiger partial charge < -0.3 is 9.88 Å².